The fourth-order valence-electron chi connectivity index (χ4n) is 2.78. The first-order chi connectivity index (χ1) is 13.5. The molecule has 8 heteroatoms. The van der Waals surface area contributed by atoms with Crippen molar-refractivity contribution in [2.75, 3.05) is 20.3 Å². The smallest absolute Gasteiger partial charge is 0.276 e. The van der Waals surface area contributed by atoms with E-state index in [0.29, 0.717) is 52.7 Å². The molecule has 0 saturated carbocycles. The maximum atomic E-state index is 12.5. The van der Waals surface area contributed by atoms with E-state index in [-0.39, 0.29) is 12.5 Å². The Morgan fingerprint density at radius 1 is 1.32 bits per heavy atom. The minimum absolute atomic E-state index is 0.179. The van der Waals surface area contributed by atoms with Crippen molar-refractivity contribution in [1.82, 2.24) is 10.2 Å². The zero-order valence-electron chi connectivity index (χ0n) is 15.7. The van der Waals surface area contributed by atoms with Crippen molar-refractivity contribution in [3.63, 3.8) is 0 Å². The molecule has 0 bridgehead atoms. The minimum atomic E-state index is -0.179. The van der Waals surface area contributed by atoms with Gasteiger partial charge in [-0.15, -0.1) is 0 Å². The van der Waals surface area contributed by atoms with E-state index >= 15 is 0 Å². The van der Waals surface area contributed by atoms with Crippen molar-refractivity contribution in [3.05, 3.63) is 58.1 Å². The van der Waals surface area contributed by atoms with Crippen molar-refractivity contribution in [2.24, 2.45) is 0 Å². The molecule has 0 aliphatic carbocycles. The SMILES string of the molecule is COCCCN1C(=O)/C(=C\c2ccc(COc3c(C)cccc3Cl)o2)NC1=S. The number of aryl methyl sites for hydroxylation is 1. The van der Waals surface area contributed by atoms with Crippen molar-refractivity contribution in [1.29, 1.82) is 0 Å². The summed E-state index contributed by atoms with van der Waals surface area (Å²) in [6.45, 7) is 3.23. The monoisotopic (exact) mass is 420 g/mol. The number of carbonyl (C=O) groups is 1. The maximum absolute atomic E-state index is 12.5. The molecule has 1 aromatic carbocycles. The summed E-state index contributed by atoms with van der Waals surface area (Å²) in [7, 11) is 1.62. The zero-order valence-corrected chi connectivity index (χ0v) is 17.2. The lowest BCUT2D eigenvalue weighted by Gasteiger charge is -2.12. The molecular weight excluding hydrogens is 400 g/mol. The molecule has 2 heterocycles. The number of para-hydroxylation sites is 1. The normalized spacial score (nSPS) is 15.4. The van der Waals surface area contributed by atoms with E-state index in [1.54, 1.807) is 31.4 Å². The lowest BCUT2D eigenvalue weighted by atomic mass is 10.2. The fraction of sp³-hybridized carbons (Fsp3) is 0.300. The lowest BCUT2D eigenvalue weighted by molar-refractivity contribution is -0.122. The highest BCUT2D eigenvalue weighted by molar-refractivity contribution is 7.80. The van der Waals surface area contributed by atoms with Gasteiger partial charge in [0, 0.05) is 26.3 Å². The van der Waals surface area contributed by atoms with Crippen molar-refractivity contribution in [2.45, 2.75) is 20.0 Å². The van der Waals surface area contributed by atoms with Crippen LogP contribution in [-0.2, 0) is 16.1 Å². The summed E-state index contributed by atoms with van der Waals surface area (Å²) in [6, 6.07) is 9.15. The topological polar surface area (TPSA) is 63.9 Å². The molecule has 1 aliphatic rings. The molecule has 1 fully saturated rings. The Labute approximate surface area is 174 Å². The van der Waals surface area contributed by atoms with E-state index in [4.69, 9.17) is 37.7 Å². The first kappa shape index (κ1) is 20.4. The molecule has 1 saturated heterocycles. The molecule has 0 atom stereocenters. The Morgan fingerprint density at radius 3 is 2.89 bits per heavy atom. The number of thiocarbonyl (C=S) groups is 1. The highest BCUT2D eigenvalue weighted by Gasteiger charge is 2.30. The number of hydrogen-bond donors (Lipinski definition) is 1. The molecule has 28 heavy (non-hydrogen) atoms. The van der Waals surface area contributed by atoms with Crippen LogP contribution in [0.4, 0.5) is 0 Å². The van der Waals surface area contributed by atoms with Crippen LogP contribution >= 0.6 is 23.8 Å². The number of nitrogens with zero attached hydrogens (tertiary/aromatic N) is 1. The van der Waals surface area contributed by atoms with Crippen LogP contribution in [0, 0.1) is 6.92 Å². The number of ether oxygens (including phenoxy) is 2. The molecule has 1 aromatic heterocycles. The zero-order chi connectivity index (χ0) is 20.1. The first-order valence-electron chi connectivity index (χ1n) is 8.79. The van der Waals surface area contributed by atoms with Crippen LogP contribution in [0.2, 0.25) is 5.02 Å². The number of benzene rings is 1. The van der Waals surface area contributed by atoms with Gasteiger partial charge in [-0.1, -0.05) is 23.7 Å². The third-order valence-electron chi connectivity index (χ3n) is 4.18. The molecule has 6 nitrogen and oxygen atoms in total. The Kier molecular flexibility index (Phi) is 6.72. The van der Waals surface area contributed by atoms with Crippen LogP contribution < -0.4 is 10.1 Å². The van der Waals surface area contributed by atoms with Gasteiger partial charge in [-0.05, 0) is 49.3 Å². The van der Waals surface area contributed by atoms with E-state index in [9.17, 15) is 4.79 Å². The number of furan rings is 1. The van der Waals surface area contributed by atoms with E-state index in [0.717, 1.165) is 5.56 Å². The summed E-state index contributed by atoms with van der Waals surface area (Å²) in [5, 5.41) is 3.87. The van der Waals surface area contributed by atoms with Gasteiger partial charge in [0.1, 0.15) is 29.6 Å². The Morgan fingerprint density at radius 2 is 2.14 bits per heavy atom. The molecule has 2 aromatic rings. The summed E-state index contributed by atoms with van der Waals surface area (Å²) in [5.41, 5.74) is 1.33. The fourth-order valence-corrected chi connectivity index (χ4v) is 3.34. The summed E-state index contributed by atoms with van der Waals surface area (Å²) in [5.74, 6) is 1.61. The molecule has 3 rings (SSSR count). The van der Waals surface area contributed by atoms with Gasteiger partial charge in [-0.3, -0.25) is 9.69 Å². The van der Waals surface area contributed by atoms with Gasteiger partial charge in [0.25, 0.3) is 5.91 Å². The average Bonchev–Trinajstić information content (AvgIpc) is 3.21. The number of rotatable bonds is 8. The van der Waals surface area contributed by atoms with Gasteiger partial charge in [-0.2, -0.15) is 0 Å². The third kappa shape index (κ3) is 4.73. The van der Waals surface area contributed by atoms with E-state index in [1.807, 2.05) is 19.1 Å². The van der Waals surface area contributed by atoms with E-state index < -0.39 is 0 Å². The van der Waals surface area contributed by atoms with Crippen LogP contribution in [0.15, 0.2) is 40.4 Å². The molecule has 1 amide bonds. The number of hydrogen-bond acceptors (Lipinski definition) is 5. The number of carbonyl (C=O) groups excluding carboxylic acids is 1. The van der Waals surface area contributed by atoms with Crippen molar-refractivity contribution in [3.8, 4) is 5.75 Å². The highest BCUT2D eigenvalue weighted by atomic mass is 35.5. The second-order valence-corrected chi connectivity index (χ2v) is 7.06. The standard InChI is InChI=1S/C20H21ClN2O4S/c1-13-5-3-6-16(21)18(13)26-12-15-8-7-14(27-15)11-17-19(24)23(20(28)22-17)9-4-10-25-2/h3,5-8,11H,4,9-10,12H2,1-2H3,(H,22,28)/b17-11+. The minimum Gasteiger partial charge on any atom is -0.484 e. The summed E-state index contributed by atoms with van der Waals surface area (Å²) in [4.78, 5) is 14.0. The van der Waals surface area contributed by atoms with Crippen LogP contribution in [0.5, 0.6) is 5.75 Å². The van der Waals surface area contributed by atoms with Gasteiger partial charge in [0.2, 0.25) is 0 Å². The van der Waals surface area contributed by atoms with E-state index in [2.05, 4.69) is 5.32 Å². The molecule has 0 spiro atoms. The van der Waals surface area contributed by atoms with Crippen LogP contribution in [0.1, 0.15) is 23.5 Å². The molecule has 0 unspecified atom stereocenters. The van der Waals surface area contributed by atoms with Crippen LogP contribution in [0.25, 0.3) is 6.08 Å². The summed E-state index contributed by atoms with van der Waals surface area (Å²) in [6.07, 6.45) is 2.34. The third-order valence-corrected chi connectivity index (χ3v) is 4.80. The van der Waals surface area contributed by atoms with Crippen LogP contribution in [0.3, 0.4) is 0 Å². The molecule has 0 radical (unpaired) electrons. The van der Waals surface area contributed by atoms with Crippen molar-refractivity contribution < 1.29 is 18.7 Å². The second kappa shape index (κ2) is 9.23. The van der Waals surface area contributed by atoms with Gasteiger partial charge in [0.05, 0.1) is 5.02 Å². The molecule has 1 N–H and O–H groups in total. The van der Waals surface area contributed by atoms with Gasteiger partial charge >= 0.3 is 0 Å². The van der Waals surface area contributed by atoms with Gasteiger partial charge < -0.3 is 19.2 Å². The largest absolute Gasteiger partial charge is 0.484 e. The molecular formula is C20H21ClN2O4S. The summed E-state index contributed by atoms with van der Waals surface area (Å²) < 4.78 is 16.5. The molecule has 148 valence electrons. The average molecular weight is 421 g/mol. The Balaban J connectivity index is 1.64. The van der Waals surface area contributed by atoms with Gasteiger partial charge in [0.15, 0.2) is 5.11 Å². The Hall–Kier alpha value is -2.35. The van der Waals surface area contributed by atoms with Crippen molar-refractivity contribution >= 4 is 40.9 Å². The quantitative estimate of drug-likeness (QED) is 0.397. The number of halogens is 1. The number of amides is 1. The Bertz CT molecular complexity index is 889. The van der Waals surface area contributed by atoms with Gasteiger partial charge in [-0.25, -0.2) is 0 Å². The second-order valence-electron chi connectivity index (χ2n) is 6.27. The molecule has 1 aliphatic heterocycles. The van der Waals surface area contributed by atoms with Crippen LogP contribution in [-0.4, -0.2) is 36.2 Å². The highest BCUT2D eigenvalue weighted by Crippen LogP contribution is 2.29. The number of methoxy groups -OCH3 is 1. The predicted molar refractivity (Wildman–Crippen MR) is 111 cm³/mol. The first-order valence-corrected chi connectivity index (χ1v) is 9.58. The number of nitrogens with one attached hydrogen (secondary N) is 1. The summed E-state index contributed by atoms with van der Waals surface area (Å²) >= 11 is 11.4. The predicted octanol–water partition coefficient (Wildman–Crippen LogP) is 3.91. The lowest BCUT2D eigenvalue weighted by Crippen LogP contribution is -2.32. The van der Waals surface area contributed by atoms with E-state index in [1.165, 1.54) is 4.90 Å². The maximum Gasteiger partial charge on any atom is 0.276 e.